The number of hydrogen-bond acceptors (Lipinski definition) is 3. The number of aryl methyl sites for hydroxylation is 1. The van der Waals surface area contributed by atoms with Crippen LogP contribution in [-0.4, -0.2) is 40.2 Å². The largest absolute Gasteiger partial charge is 0.389 e. The van der Waals surface area contributed by atoms with E-state index in [9.17, 15) is 5.11 Å². The number of likely N-dealkylation sites (tertiary alicyclic amines) is 1. The predicted molar refractivity (Wildman–Crippen MR) is 78.2 cm³/mol. The van der Waals surface area contributed by atoms with E-state index in [-0.39, 0.29) is 0 Å². The SMILES string of the molecule is CCc1ccc(CC2(O)CCCN(CC)CC2)nc1. The Morgan fingerprint density at radius 2 is 2.11 bits per heavy atom. The minimum absolute atomic E-state index is 0.565. The molecule has 0 bridgehead atoms. The van der Waals surface area contributed by atoms with Gasteiger partial charge in [0.05, 0.1) is 5.60 Å². The first-order valence-electron chi connectivity index (χ1n) is 7.54. The molecule has 1 unspecified atom stereocenters. The summed E-state index contributed by atoms with van der Waals surface area (Å²) < 4.78 is 0. The van der Waals surface area contributed by atoms with E-state index in [0.717, 1.165) is 51.0 Å². The molecule has 1 aliphatic rings. The normalized spacial score (nSPS) is 25.2. The number of hydrogen-bond donors (Lipinski definition) is 1. The molecule has 3 nitrogen and oxygen atoms in total. The smallest absolute Gasteiger partial charge is 0.0715 e. The summed E-state index contributed by atoms with van der Waals surface area (Å²) in [6.07, 6.45) is 6.47. The molecule has 3 heteroatoms. The zero-order chi connectivity index (χ0) is 13.7. The number of aliphatic hydroxyl groups is 1. The summed E-state index contributed by atoms with van der Waals surface area (Å²) in [6, 6.07) is 4.19. The lowest BCUT2D eigenvalue weighted by atomic mass is 9.89. The Morgan fingerprint density at radius 1 is 1.26 bits per heavy atom. The Balaban J connectivity index is 1.99. The van der Waals surface area contributed by atoms with E-state index < -0.39 is 5.60 Å². The van der Waals surface area contributed by atoms with Crippen LogP contribution in [0.15, 0.2) is 18.3 Å². The maximum absolute atomic E-state index is 10.8. The average Bonchev–Trinajstić information content (AvgIpc) is 2.61. The van der Waals surface area contributed by atoms with Crippen molar-refractivity contribution in [3.05, 3.63) is 29.6 Å². The van der Waals surface area contributed by atoms with Gasteiger partial charge in [0.2, 0.25) is 0 Å². The molecule has 0 spiro atoms. The van der Waals surface area contributed by atoms with Crippen LogP contribution in [0.4, 0.5) is 0 Å². The van der Waals surface area contributed by atoms with Gasteiger partial charge in [-0.2, -0.15) is 0 Å². The fourth-order valence-electron chi connectivity index (χ4n) is 2.83. The van der Waals surface area contributed by atoms with E-state index >= 15 is 0 Å². The second kappa shape index (κ2) is 6.49. The van der Waals surface area contributed by atoms with Gasteiger partial charge in [-0.1, -0.05) is 19.9 Å². The van der Waals surface area contributed by atoms with Crippen molar-refractivity contribution in [1.82, 2.24) is 9.88 Å². The van der Waals surface area contributed by atoms with E-state index in [0.29, 0.717) is 6.42 Å². The van der Waals surface area contributed by atoms with Crippen molar-refractivity contribution >= 4 is 0 Å². The van der Waals surface area contributed by atoms with Crippen molar-refractivity contribution in [2.75, 3.05) is 19.6 Å². The van der Waals surface area contributed by atoms with Gasteiger partial charge in [0.25, 0.3) is 0 Å². The van der Waals surface area contributed by atoms with Crippen LogP contribution in [0.1, 0.15) is 44.4 Å². The fourth-order valence-corrected chi connectivity index (χ4v) is 2.83. The molecule has 1 fully saturated rings. The molecule has 1 atom stereocenters. The van der Waals surface area contributed by atoms with Crippen LogP contribution in [0.2, 0.25) is 0 Å². The van der Waals surface area contributed by atoms with Crippen molar-refractivity contribution in [3.63, 3.8) is 0 Å². The van der Waals surface area contributed by atoms with Crippen molar-refractivity contribution < 1.29 is 5.11 Å². The molecular formula is C16H26N2O. The molecular weight excluding hydrogens is 236 g/mol. The molecule has 0 aliphatic carbocycles. The van der Waals surface area contributed by atoms with Gasteiger partial charge in [-0.05, 0) is 50.4 Å². The fraction of sp³-hybridized carbons (Fsp3) is 0.688. The second-order valence-corrected chi connectivity index (χ2v) is 5.70. The van der Waals surface area contributed by atoms with Gasteiger partial charge in [-0.3, -0.25) is 4.98 Å². The molecule has 0 saturated carbocycles. The summed E-state index contributed by atoms with van der Waals surface area (Å²) in [5.41, 5.74) is 1.71. The molecule has 0 amide bonds. The minimum Gasteiger partial charge on any atom is -0.389 e. The molecule has 2 rings (SSSR count). The predicted octanol–water partition coefficient (Wildman–Crippen LogP) is 2.42. The number of rotatable bonds is 4. The van der Waals surface area contributed by atoms with Crippen molar-refractivity contribution in [2.45, 2.75) is 51.6 Å². The van der Waals surface area contributed by atoms with Crippen molar-refractivity contribution in [1.29, 1.82) is 0 Å². The average molecular weight is 262 g/mol. The van der Waals surface area contributed by atoms with E-state index in [1.807, 2.05) is 6.20 Å². The van der Waals surface area contributed by atoms with Crippen molar-refractivity contribution in [3.8, 4) is 0 Å². The molecule has 0 radical (unpaired) electrons. The van der Waals surface area contributed by atoms with Crippen LogP contribution in [0.25, 0.3) is 0 Å². The molecule has 0 aromatic carbocycles. The number of nitrogens with zero attached hydrogens (tertiary/aromatic N) is 2. The third-order valence-electron chi connectivity index (χ3n) is 4.26. The summed E-state index contributed by atoms with van der Waals surface area (Å²) in [7, 11) is 0. The van der Waals surface area contributed by atoms with Gasteiger partial charge in [0.15, 0.2) is 0 Å². The molecule has 1 aromatic rings. The quantitative estimate of drug-likeness (QED) is 0.905. The summed E-state index contributed by atoms with van der Waals surface area (Å²) in [5.74, 6) is 0. The number of pyridine rings is 1. The minimum atomic E-state index is -0.565. The molecule has 1 aliphatic heterocycles. The topological polar surface area (TPSA) is 36.4 Å². The molecule has 2 heterocycles. The Bertz CT molecular complexity index is 390. The first kappa shape index (κ1) is 14.5. The lowest BCUT2D eigenvalue weighted by molar-refractivity contribution is 0.0249. The number of aromatic nitrogens is 1. The highest BCUT2D eigenvalue weighted by Gasteiger charge is 2.30. The highest BCUT2D eigenvalue weighted by molar-refractivity contribution is 5.15. The maximum atomic E-state index is 10.8. The van der Waals surface area contributed by atoms with Crippen LogP contribution in [0.5, 0.6) is 0 Å². The highest BCUT2D eigenvalue weighted by atomic mass is 16.3. The van der Waals surface area contributed by atoms with Gasteiger partial charge in [0, 0.05) is 24.9 Å². The van der Waals surface area contributed by atoms with Gasteiger partial charge < -0.3 is 10.0 Å². The third kappa shape index (κ3) is 4.02. The lowest BCUT2D eigenvalue weighted by Crippen LogP contribution is -2.33. The van der Waals surface area contributed by atoms with E-state index in [4.69, 9.17) is 0 Å². The zero-order valence-corrected chi connectivity index (χ0v) is 12.2. The Kier molecular flexibility index (Phi) is 4.94. The van der Waals surface area contributed by atoms with Crippen LogP contribution in [0, 0.1) is 0 Å². The Labute approximate surface area is 116 Å². The second-order valence-electron chi connectivity index (χ2n) is 5.70. The van der Waals surface area contributed by atoms with Gasteiger partial charge in [-0.25, -0.2) is 0 Å². The molecule has 106 valence electrons. The van der Waals surface area contributed by atoms with Crippen molar-refractivity contribution in [2.24, 2.45) is 0 Å². The Hall–Kier alpha value is -0.930. The summed E-state index contributed by atoms with van der Waals surface area (Å²) in [5, 5.41) is 10.8. The van der Waals surface area contributed by atoms with E-state index in [1.165, 1.54) is 5.56 Å². The summed E-state index contributed by atoms with van der Waals surface area (Å²) in [4.78, 5) is 6.91. The standard InChI is InChI=1S/C16H26N2O/c1-3-14-6-7-15(17-13-14)12-16(19)8-5-10-18(4-2)11-9-16/h6-7,13,19H,3-5,8-12H2,1-2H3. The molecule has 19 heavy (non-hydrogen) atoms. The first-order valence-corrected chi connectivity index (χ1v) is 7.54. The molecule has 1 saturated heterocycles. The Morgan fingerprint density at radius 3 is 2.74 bits per heavy atom. The first-order chi connectivity index (χ1) is 9.15. The van der Waals surface area contributed by atoms with Gasteiger partial charge >= 0.3 is 0 Å². The molecule has 1 aromatic heterocycles. The van der Waals surface area contributed by atoms with Gasteiger partial charge in [0.1, 0.15) is 0 Å². The van der Waals surface area contributed by atoms with Crippen LogP contribution >= 0.6 is 0 Å². The lowest BCUT2D eigenvalue weighted by Gasteiger charge is -2.26. The van der Waals surface area contributed by atoms with E-state index in [2.05, 4.69) is 35.9 Å². The monoisotopic (exact) mass is 262 g/mol. The zero-order valence-electron chi connectivity index (χ0n) is 12.2. The summed E-state index contributed by atoms with van der Waals surface area (Å²) >= 11 is 0. The van der Waals surface area contributed by atoms with Gasteiger partial charge in [-0.15, -0.1) is 0 Å². The van der Waals surface area contributed by atoms with Crippen LogP contribution in [0.3, 0.4) is 0 Å². The maximum Gasteiger partial charge on any atom is 0.0715 e. The van der Waals surface area contributed by atoms with Crippen LogP contribution in [-0.2, 0) is 12.8 Å². The third-order valence-corrected chi connectivity index (χ3v) is 4.26. The van der Waals surface area contributed by atoms with E-state index in [1.54, 1.807) is 0 Å². The van der Waals surface area contributed by atoms with Crippen LogP contribution < -0.4 is 0 Å². The highest BCUT2D eigenvalue weighted by Crippen LogP contribution is 2.25. The molecule has 1 N–H and O–H groups in total. The summed E-state index contributed by atoms with van der Waals surface area (Å²) in [6.45, 7) is 7.52.